The molecule has 1 aliphatic heterocycles. The zero-order valence-corrected chi connectivity index (χ0v) is 17.9. The van der Waals surface area contributed by atoms with Crippen molar-refractivity contribution in [1.82, 2.24) is 10.1 Å². The van der Waals surface area contributed by atoms with Gasteiger partial charge >= 0.3 is 0 Å². The second kappa shape index (κ2) is 8.40. The third-order valence-corrected chi connectivity index (χ3v) is 5.86. The summed E-state index contributed by atoms with van der Waals surface area (Å²) < 4.78 is 39.3. The maximum atomic E-state index is 14.7. The van der Waals surface area contributed by atoms with Gasteiger partial charge in [-0.15, -0.1) is 0 Å². The number of carbonyl (C=O) groups excluding carboxylic acids is 2. The van der Waals surface area contributed by atoms with E-state index >= 15 is 0 Å². The SMILES string of the molecule is O=C1C2=C(CCCC2)C(=O)N1c1cc(OCc2nc(-c3ccccc3F)no2)c(Cl)cc1F. The summed E-state index contributed by atoms with van der Waals surface area (Å²) in [7, 11) is 0. The Morgan fingerprint density at radius 2 is 1.73 bits per heavy atom. The van der Waals surface area contributed by atoms with Crippen molar-refractivity contribution in [2.75, 3.05) is 4.90 Å². The van der Waals surface area contributed by atoms with E-state index in [-0.39, 0.29) is 40.3 Å². The van der Waals surface area contributed by atoms with Crippen molar-refractivity contribution in [1.29, 1.82) is 0 Å². The van der Waals surface area contributed by atoms with Crippen molar-refractivity contribution < 1.29 is 27.6 Å². The van der Waals surface area contributed by atoms with Crippen LogP contribution in [0, 0.1) is 11.6 Å². The van der Waals surface area contributed by atoms with Crippen molar-refractivity contribution in [2.24, 2.45) is 0 Å². The van der Waals surface area contributed by atoms with E-state index in [1.807, 2.05) is 0 Å². The molecule has 1 aromatic heterocycles. The summed E-state index contributed by atoms with van der Waals surface area (Å²) in [4.78, 5) is 30.5. The third kappa shape index (κ3) is 3.78. The lowest BCUT2D eigenvalue weighted by Gasteiger charge is -2.18. The zero-order chi connectivity index (χ0) is 23.1. The predicted octanol–water partition coefficient (Wildman–Crippen LogP) is 4.99. The number of anilines is 1. The van der Waals surface area contributed by atoms with E-state index in [1.165, 1.54) is 18.2 Å². The van der Waals surface area contributed by atoms with E-state index in [0.29, 0.717) is 24.0 Å². The molecule has 0 atom stereocenters. The number of halogens is 3. The number of hydrogen-bond donors (Lipinski definition) is 0. The highest BCUT2D eigenvalue weighted by Crippen LogP contribution is 2.39. The molecule has 0 unspecified atom stereocenters. The molecule has 7 nitrogen and oxygen atoms in total. The van der Waals surface area contributed by atoms with Gasteiger partial charge in [0.15, 0.2) is 6.61 Å². The highest BCUT2D eigenvalue weighted by atomic mass is 35.5. The average molecular weight is 472 g/mol. The number of rotatable bonds is 5. The molecule has 168 valence electrons. The van der Waals surface area contributed by atoms with E-state index in [2.05, 4.69) is 10.1 Å². The van der Waals surface area contributed by atoms with Crippen LogP contribution in [0.2, 0.25) is 5.02 Å². The molecule has 5 rings (SSSR count). The van der Waals surface area contributed by atoms with Gasteiger partial charge in [0.05, 0.1) is 16.3 Å². The van der Waals surface area contributed by atoms with Crippen LogP contribution in [0.15, 0.2) is 52.1 Å². The van der Waals surface area contributed by atoms with Crippen LogP contribution in [-0.4, -0.2) is 22.0 Å². The molecule has 0 radical (unpaired) electrons. The summed E-state index contributed by atoms with van der Waals surface area (Å²) in [5, 5.41) is 3.67. The van der Waals surface area contributed by atoms with Crippen LogP contribution in [0.5, 0.6) is 5.75 Å². The van der Waals surface area contributed by atoms with Gasteiger partial charge in [0.2, 0.25) is 5.82 Å². The number of hydrogen-bond acceptors (Lipinski definition) is 6. The van der Waals surface area contributed by atoms with Gasteiger partial charge in [0, 0.05) is 17.2 Å². The van der Waals surface area contributed by atoms with Crippen LogP contribution < -0.4 is 9.64 Å². The third-order valence-electron chi connectivity index (χ3n) is 5.57. The van der Waals surface area contributed by atoms with Gasteiger partial charge in [-0.2, -0.15) is 4.98 Å². The molecule has 2 aromatic carbocycles. The Morgan fingerprint density at radius 1 is 1.03 bits per heavy atom. The molecule has 0 saturated heterocycles. The van der Waals surface area contributed by atoms with Crippen LogP contribution in [0.1, 0.15) is 31.6 Å². The lowest BCUT2D eigenvalue weighted by atomic mass is 9.93. The van der Waals surface area contributed by atoms with E-state index in [1.54, 1.807) is 12.1 Å². The lowest BCUT2D eigenvalue weighted by Crippen LogP contribution is -2.32. The molecule has 2 heterocycles. The summed E-state index contributed by atoms with van der Waals surface area (Å²) in [6.07, 6.45) is 2.61. The normalized spacial score (nSPS) is 15.9. The molecule has 1 aliphatic carbocycles. The minimum absolute atomic E-state index is 0.0178. The quantitative estimate of drug-likeness (QED) is 0.487. The van der Waals surface area contributed by atoms with E-state index in [4.69, 9.17) is 20.9 Å². The molecule has 2 amide bonds. The Labute approximate surface area is 191 Å². The zero-order valence-electron chi connectivity index (χ0n) is 17.1. The molecule has 3 aromatic rings. The van der Waals surface area contributed by atoms with Crippen LogP contribution in [0.4, 0.5) is 14.5 Å². The highest BCUT2D eigenvalue weighted by Gasteiger charge is 2.41. The van der Waals surface area contributed by atoms with Crippen molar-refractivity contribution in [3.05, 3.63) is 70.1 Å². The van der Waals surface area contributed by atoms with Gasteiger partial charge in [-0.05, 0) is 43.9 Å². The van der Waals surface area contributed by atoms with Crippen molar-refractivity contribution >= 4 is 29.1 Å². The standard InChI is InChI=1S/C23H16ClF2N3O4/c24-15-9-17(26)18(29-22(30)12-5-1-2-6-13(12)23(29)31)10-19(15)32-11-20-27-21(28-33-20)14-7-3-4-8-16(14)25/h3-4,7-10H,1-2,5-6,11H2. The van der Waals surface area contributed by atoms with Crippen LogP contribution in [-0.2, 0) is 16.2 Å². The van der Waals surface area contributed by atoms with Gasteiger partial charge in [-0.1, -0.05) is 28.9 Å². The number of ether oxygens (including phenoxy) is 1. The fourth-order valence-corrected chi connectivity index (χ4v) is 4.17. The maximum absolute atomic E-state index is 14.7. The van der Waals surface area contributed by atoms with Gasteiger partial charge < -0.3 is 9.26 Å². The van der Waals surface area contributed by atoms with Crippen molar-refractivity contribution in [3.63, 3.8) is 0 Å². The summed E-state index contributed by atoms with van der Waals surface area (Å²) in [5.41, 5.74) is 0.803. The van der Waals surface area contributed by atoms with E-state index in [9.17, 15) is 18.4 Å². The maximum Gasteiger partial charge on any atom is 0.264 e. The largest absolute Gasteiger partial charge is 0.482 e. The minimum atomic E-state index is -0.825. The first-order valence-corrected chi connectivity index (χ1v) is 10.6. The Kier molecular flexibility index (Phi) is 5.41. The first kappa shape index (κ1) is 21.3. The van der Waals surface area contributed by atoms with Gasteiger partial charge in [-0.25, -0.2) is 13.7 Å². The van der Waals surface area contributed by atoms with Crippen LogP contribution in [0.3, 0.4) is 0 Å². The molecule has 0 saturated carbocycles. The smallest absolute Gasteiger partial charge is 0.264 e. The minimum Gasteiger partial charge on any atom is -0.482 e. The fraction of sp³-hybridized carbons (Fsp3) is 0.217. The van der Waals surface area contributed by atoms with Gasteiger partial charge in [0.1, 0.15) is 17.4 Å². The number of imide groups is 1. The number of amides is 2. The second-order valence-corrected chi connectivity index (χ2v) is 8.03. The molecular weight excluding hydrogens is 456 g/mol. The number of aromatic nitrogens is 2. The molecule has 0 bridgehead atoms. The summed E-state index contributed by atoms with van der Waals surface area (Å²) in [6, 6.07) is 8.13. The number of carbonyl (C=O) groups is 2. The average Bonchev–Trinajstić information content (AvgIpc) is 3.37. The fourth-order valence-electron chi connectivity index (χ4n) is 3.96. The molecular formula is C23H16ClF2N3O4. The molecule has 2 aliphatic rings. The predicted molar refractivity (Wildman–Crippen MR) is 113 cm³/mol. The summed E-state index contributed by atoms with van der Waals surface area (Å²) in [6.45, 7) is -0.247. The molecule has 10 heteroatoms. The van der Waals surface area contributed by atoms with Gasteiger partial charge in [-0.3, -0.25) is 9.59 Å². The van der Waals surface area contributed by atoms with Gasteiger partial charge in [0.25, 0.3) is 17.7 Å². The number of nitrogens with zero attached hydrogens (tertiary/aromatic N) is 3. The second-order valence-electron chi connectivity index (χ2n) is 7.62. The van der Waals surface area contributed by atoms with Crippen molar-refractivity contribution in [2.45, 2.75) is 32.3 Å². The summed E-state index contributed by atoms with van der Waals surface area (Å²) >= 11 is 6.11. The monoisotopic (exact) mass is 471 g/mol. The topological polar surface area (TPSA) is 85.5 Å². The first-order valence-electron chi connectivity index (χ1n) is 10.2. The Bertz CT molecular complexity index is 1290. The first-order chi connectivity index (χ1) is 15.9. The Hall–Kier alpha value is -3.59. The highest BCUT2D eigenvalue weighted by molar-refractivity contribution is 6.34. The lowest BCUT2D eigenvalue weighted by molar-refractivity contribution is -0.120. The molecule has 0 N–H and O–H groups in total. The Morgan fingerprint density at radius 3 is 2.42 bits per heavy atom. The molecule has 0 fully saturated rings. The van der Waals surface area contributed by atoms with E-state index in [0.717, 1.165) is 23.8 Å². The van der Waals surface area contributed by atoms with Crippen LogP contribution >= 0.6 is 11.6 Å². The molecule has 0 spiro atoms. The number of benzene rings is 2. The molecule has 33 heavy (non-hydrogen) atoms. The Balaban J connectivity index is 1.38. The summed E-state index contributed by atoms with van der Waals surface area (Å²) in [5.74, 6) is -2.28. The van der Waals surface area contributed by atoms with Crippen LogP contribution in [0.25, 0.3) is 11.4 Å². The van der Waals surface area contributed by atoms with Crippen molar-refractivity contribution in [3.8, 4) is 17.1 Å². The van der Waals surface area contributed by atoms with E-state index < -0.39 is 23.4 Å².